The van der Waals surface area contributed by atoms with Crippen LogP contribution in [-0.4, -0.2) is 12.6 Å². The molecule has 1 aromatic carbocycles. The molecule has 5 heteroatoms. The second kappa shape index (κ2) is 6.48. The quantitative estimate of drug-likeness (QED) is 0.625. The molecule has 90 valence electrons. The Hall–Kier alpha value is -1.24. The normalized spacial score (nSPS) is 9.76. The van der Waals surface area contributed by atoms with Gasteiger partial charge in [0.05, 0.1) is 24.7 Å². The summed E-state index contributed by atoms with van der Waals surface area (Å²) < 4.78 is 4.83. The molecule has 17 heavy (non-hydrogen) atoms. The van der Waals surface area contributed by atoms with Crippen molar-refractivity contribution in [2.24, 2.45) is 0 Å². The lowest BCUT2D eigenvalue weighted by molar-refractivity contribution is -0.142. The molecule has 3 nitrogen and oxygen atoms in total. The van der Waals surface area contributed by atoms with Gasteiger partial charge in [-0.1, -0.05) is 11.6 Å². The van der Waals surface area contributed by atoms with Crippen molar-refractivity contribution in [2.45, 2.75) is 19.2 Å². The van der Waals surface area contributed by atoms with Gasteiger partial charge in [0.15, 0.2) is 0 Å². The Morgan fingerprint density at radius 2 is 2.12 bits per heavy atom. The van der Waals surface area contributed by atoms with E-state index in [1.807, 2.05) is 6.07 Å². The van der Waals surface area contributed by atoms with Gasteiger partial charge in [0.25, 0.3) is 0 Å². The van der Waals surface area contributed by atoms with E-state index in [9.17, 15) is 4.79 Å². The number of hydrogen-bond donors (Lipinski definition) is 0. The lowest BCUT2D eigenvalue weighted by Crippen LogP contribution is -2.09. The van der Waals surface area contributed by atoms with Crippen molar-refractivity contribution in [2.75, 3.05) is 6.61 Å². The standard InChI is InChI=1S/C12H11Cl2NO2/c1-2-17-12(16)5-8-3-10(14)4-9(6-13)11(8)7-15/h3-4H,2,5-6H2,1H3. The molecule has 0 heterocycles. The van der Waals surface area contributed by atoms with Gasteiger partial charge in [-0.3, -0.25) is 4.79 Å². The summed E-state index contributed by atoms with van der Waals surface area (Å²) in [7, 11) is 0. The molecule has 0 saturated carbocycles. The molecule has 0 atom stereocenters. The van der Waals surface area contributed by atoms with E-state index in [0.717, 1.165) is 0 Å². The first-order chi connectivity index (χ1) is 8.12. The summed E-state index contributed by atoms with van der Waals surface area (Å²) in [5.74, 6) is -0.203. The Morgan fingerprint density at radius 1 is 1.47 bits per heavy atom. The van der Waals surface area contributed by atoms with Gasteiger partial charge in [0.2, 0.25) is 0 Å². The molecule has 0 amide bonds. The van der Waals surface area contributed by atoms with Crippen LogP contribution in [0.4, 0.5) is 0 Å². The number of carbonyl (C=O) groups excluding carboxylic acids is 1. The topological polar surface area (TPSA) is 50.1 Å². The first-order valence-corrected chi connectivity index (χ1v) is 5.96. The number of benzene rings is 1. The fraction of sp³-hybridized carbons (Fsp3) is 0.333. The minimum absolute atomic E-state index is 0.0290. The molecule has 0 radical (unpaired) electrons. The van der Waals surface area contributed by atoms with E-state index in [1.54, 1.807) is 19.1 Å². The molecular weight excluding hydrogens is 261 g/mol. The number of halogens is 2. The van der Waals surface area contributed by atoms with Gasteiger partial charge in [-0.05, 0) is 30.2 Å². The van der Waals surface area contributed by atoms with Crippen LogP contribution in [0.5, 0.6) is 0 Å². The third-order valence-corrected chi connectivity index (χ3v) is 2.67. The van der Waals surface area contributed by atoms with Crippen molar-refractivity contribution in [1.29, 1.82) is 5.26 Å². The predicted octanol–water partition coefficient (Wildman–Crippen LogP) is 3.06. The molecule has 0 fully saturated rings. The molecule has 0 unspecified atom stereocenters. The van der Waals surface area contributed by atoms with Gasteiger partial charge in [-0.2, -0.15) is 5.26 Å². The van der Waals surface area contributed by atoms with E-state index < -0.39 is 0 Å². The molecule has 0 aliphatic carbocycles. The second-order valence-electron chi connectivity index (χ2n) is 3.33. The summed E-state index contributed by atoms with van der Waals surface area (Å²) in [6.07, 6.45) is 0.0290. The Bertz CT molecular complexity index is 466. The minimum atomic E-state index is -0.383. The summed E-state index contributed by atoms with van der Waals surface area (Å²) in [4.78, 5) is 11.4. The van der Waals surface area contributed by atoms with E-state index in [4.69, 9.17) is 33.2 Å². The van der Waals surface area contributed by atoms with Crippen molar-refractivity contribution in [1.82, 2.24) is 0 Å². The molecule has 1 rings (SSSR count). The predicted molar refractivity (Wildman–Crippen MR) is 66.1 cm³/mol. The monoisotopic (exact) mass is 271 g/mol. The van der Waals surface area contributed by atoms with Crippen LogP contribution in [0.15, 0.2) is 12.1 Å². The van der Waals surface area contributed by atoms with Crippen LogP contribution in [0.25, 0.3) is 0 Å². The summed E-state index contributed by atoms with van der Waals surface area (Å²) in [6, 6.07) is 5.26. The highest BCUT2D eigenvalue weighted by molar-refractivity contribution is 6.31. The Kier molecular flexibility index (Phi) is 5.27. The highest BCUT2D eigenvalue weighted by Crippen LogP contribution is 2.23. The molecule has 0 saturated heterocycles. The zero-order valence-electron chi connectivity index (χ0n) is 9.30. The molecule has 0 bridgehead atoms. The lowest BCUT2D eigenvalue weighted by Gasteiger charge is -2.08. The lowest BCUT2D eigenvalue weighted by atomic mass is 10.0. The van der Waals surface area contributed by atoms with Gasteiger partial charge < -0.3 is 4.74 Å². The summed E-state index contributed by atoms with van der Waals surface area (Å²) >= 11 is 11.6. The fourth-order valence-corrected chi connectivity index (χ4v) is 1.96. The zero-order valence-corrected chi connectivity index (χ0v) is 10.8. The van der Waals surface area contributed by atoms with Gasteiger partial charge in [0.1, 0.15) is 0 Å². The van der Waals surface area contributed by atoms with Crippen LogP contribution in [0.1, 0.15) is 23.6 Å². The number of hydrogen-bond acceptors (Lipinski definition) is 3. The van der Waals surface area contributed by atoms with Crippen molar-refractivity contribution in [3.8, 4) is 6.07 Å². The SMILES string of the molecule is CCOC(=O)Cc1cc(Cl)cc(CCl)c1C#N. The third-order valence-electron chi connectivity index (χ3n) is 2.16. The third kappa shape index (κ3) is 3.62. The van der Waals surface area contributed by atoms with Gasteiger partial charge in [-0.25, -0.2) is 0 Å². The largest absolute Gasteiger partial charge is 0.466 e. The Labute approximate surface area is 110 Å². The van der Waals surface area contributed by atoms with Crippen LogP contribution >= 0.6 is 23.2 Å². The molecule has 0 spiro atoms. The maximum atomic E-state index is 11.4. The van der Waals surface area contributed by atoms with E-state index in [-0.39, 0.29) is 18.3 Å². The molecule has 0 N–H and O–H groups in total. The van der Waals surface area contributed by atoms with Crippen molar-refractivity contribution in [3.63, 3.8) is 0 Å². The average molecular weight is 272 g/mol. The Morgan fingerprint density at radius 3 is 2.65 bits per heavy atom. The van der Waals surface area contributed by atoms with Gasteiger partial charge in [0, 0.05) is 10.9 Å². The van der Waals surface area contributed by atoms with Crippen LogP contribution < -0.4 is 0 Å². The van der Waals surface area contributed by atoms with E-state index in [0.29, 0.717) is 28.3 Å². The van der Waals surface area contributed by atoms with Gasteiger partial charge in [-0.15, -0.1) is 11.6 Å². The van der Waals surface area contributed by atoms with Crippen LogP contribution in [-0.2, 0) is 21.8 Å². The number of rotatable bonds is 4. The summed E-state index contributed by atoms with van der Waals surface area (Å²) in [5, 5.41) is 9.52. The highest BCUT2D eigenvalue weighted by atomic mass is 35.5. The summed E-state index contributed by atoms with van der Waals surface area (Å²) in [5.41, 5.74) is 1.58. The zero-order chi connectivity index (χ0) is 12.8. The van der Waals surface area contributed by atoms with Crippen molar-refractivity contribution >= 4 is 29.2 Å². The number of nitriles is 1. The molecule has 0 aromatic heterocycles. The van der Waals surface area contributed by atoms with E-state index in [2.05, 4.69) is 0 Å². The van der Waals surface area contributed by atoms with Crippen LogP contribution in [0.2, 0.25) is 5.02 Å². The number of esters is 1. The van der Waals surface area contributed by atoms with E-state index in [1.165, 1.54) is 0 Å². The second-order valence-corrected chi connectivity index (χ2v) is 4.03. The average Bonchev–Trinajstić information content (AvgIpc) is 2.28. The van der Waals surface area contributed by atoms with Gasteiger partial charge >= 0.3 is 5.97 Å². The van der Waals surface area contributed by atoms with Crippen LogP contribution in [0, 0.1) is 11.3 Å². The number of carbonyl (C=O) groups is 1. The maximum absolute atomic E-state index is 11.4. The number of nitrogens with zero attached hydrogens (tertiary/aromatic N) is 1. The van der Waals surface area contributed by atoms with Crippen molar-refractivity contribution < 1.29 is 9.53 Å². The fourth-order valence-electron chi connectivity index (χ4n) is 1.48. The molecule has 0 aliphatic heterocycles. The van der Waals surface area contributed by atoms with Crippen molar-refractivity contribution in [3.05, 3.63) is 33.8 Å². The van der Waals surface area contributed by atoms with Crippen LogP contribution in [0.3, 0.4) is 0 Å². The molecular formula is C12H11Cl2NO2. The smallest absolute Gasteiger partial charge is 0.310 e. The first kappa shape index (κ1) is 13.8. The first-order valence-electron chi connectivity index (χ1n) is 5.05. The Balaban J connectivity index is 3.10. The highest BCUT2D eigenvalue weighted by Gasteiger charge is 2.13. The van der Waals surface area contributed by atoms with E-state index >= 15 is 0 Å². The minimum Gasteiger partial charge on any atom is -0.466 e. The number of ether oxygens (including phenoxy) is 1. The maximum Gasteiger partial charge on any atom is 0.310 e. The number of alkyl halides is 1. The molecule has 1 aromatic rings. The molecule has 0 aliphatic rings. The summed E-state index contributed by atoms with van der Waals surface area (Å²) in [6.45, 7) is 2.04.